The first-order chi connectivity index (χ1) is 32.8. The van der Waals surface area contributed by atoms with E-state index in [0.717, 1.165) is 42.3 Å². The Bertz CT molecular complexity index is 2870. The van der Waals surface area contributed by atoms with E-state index in [1.807, 2.05) is 54.3 Å². The van der Waals surface area contributed by atoms with Crippen molar-refractivity contribution in [3.05, 3.63) is 198 Å². The van der Waals surface area contributed by atoms with Crippen molar-refractivity contribution in [2.24, 2.45) is 0 Å². The molecule has 358 valence electrons. The third kappa shape index (κ3) is 12.4. The largest absolute Gasteiger partial charge is 0.618 e. The van der Waals surface area contributed by atoms with E-state index in [1.54, 1.807) is 55.1 Å². The van der Waals surface area contributed by atoms with Gasteiger partial charge in [-0.25, -0.2) is 0 Å². The molecule has 0 aliphatic carbocycles. The van der Waals surface area contributed by atoms with Crippen LogP contribution in [0.2, 0.25) is 10.0 Å². The Labute approximate surface area is 407 Å². The summed E-state index contributed by atoms with van der Waals surface area (Å²) in [5, 5.41) is 30.3. The predicted molar refractivity (Wildman–Crippen MR) is 257 cm³/mol. The highest BCUT2D eigenvalue weighted by Crippen LogP contribution is 2.32. The van der Waals surface area contributed by atoms with Crippen LogP contribution in [-0.4, -0.2) is 59.6 Å². The number of nitrogens with zero attached hydrogens (tertiary/aromatic N) is 4. The molecule has 2 saturated heterocycles. The van der Waals surface area contributed by atoms with Crippen LogP contribution in [0, 0.1) is 31.2 Å². The van der Waals surface area contributed by atoms with E-state index in [9.17, 15) is 42.8 Å². The summed E-state index contributed by atoms with van der Waals surface area (Å²) >= 11 is 12.0. The van der Waals surface area contributed by atoms with Gasteiger partial charge in [-0.05, 0) is 134 Å². The number of amides is 4. The zero-order chi connectivity index (χ0) is 49.6. The van der Waals surface area contributed by atoms with Crippen LogP contribution in [0.5, 0.6) is 0 Å². The van der Waals surface area contributed by atoms with Gasteiger partial charge in [0.15, 0.2) is 18.1 Å². The summed E-state index contributed by atoms with van der Waals surface area (Å²) in [4.78, 5) is 55.1. The molecule has 0 atom stereocenters. The second kappa shape index (κ2) is 21.5. The first-order valence-corrected chi connectivity index (χ1v) is 23.0. The van der Waals surface area contributed by atoms with Crippen molar-refractivity contribution >= 4 is 58.2 Å². The smallest absolute Gasteiger partial charge is 0.478 e. The number of aromatic nitrogens is 2. The molecule has 12 nitrogen and oxygen atoms in total. The second-order valence-corrected chi connectivity index (χ2v) is 18.1. The lowest BCUT2D eigenvalue weighted by Gasteiger charge is -2.32. The number of pyridine rings is 2. The lowest BCUT2D eigenvalue weighted by atomic mass is 9.89. The van der Waals surface area contributed by atoms with Gasteiger partial charge < -0.3 is 30.8 Å². The van der Waals surface area contributed by atoms with Crippen molar-refractivity contribution in [1.82, 2.24) is 9.80 Å². The molecule has 2 aliphatic rings. The summed E-state index contributed by atoms with van der Waals surface area (Å²) in [5.41, 5.74) is 4.85. The minimum Gasteiger partial charge on any atom is -0.618 e. The Morgan fingerprint density at radius 1 is 0.551 bits per heavy atom. The summed E-state index contributed by atoms with van der Waals surface area (Å²) in [6.07, 6.45) is 0.410. The fourth-order valence-corrected chi connectivity index (χ4v) is 8.61. The van der Waals surface area contributed by atoms with Crippen LogP contribution in [0.1, 0.15) is 113 Å². The summed E-state index contributed by atoms with van der Waals surface area (Å²) in [7, 11) is 0. The zero-order valence-electron chi connectivity index (χ0n) is 38.0. The van der Waals surface area contributed by atoms with Gasteiger partial charge in [0.05, 0.1) is 0 Å². The van der Waals surface area contributed by atoms with Crippen molar-refractivity contribution in [3.8, 4) is 0 Å². The molecule has 0 bridgehead atoms. The Morgan fingerprint density at radius 3 is 1.30 bits per heavy atom. The standard InChI is InChI=1S/C26H23ClF3N3O3.C26H26ClN3O3/c1-16-2-3-19(25(35)32-12-10-18(11-13-32)17-4-7-21(27)8-5-17)14-22(16)31-24(34)20-6-9-23(26(28,29)30)33(36)15-20;1-17-3-5-21(15-24(17)28-25(31)22-6-4-18(2)30(33)16-22)26(32)29-13-11-20(12-14-29)19-7-9-23(27)10-8-19/h2-9,14-15,18H,10-13H2,1H3,(H,31,34);3-10,15-16,20H,11-14H2,1-2H3,(H,28,31). The molecular weight excluding hydrogens is 933 g/mol. The minimum absolute atomic E-state index is 0.0483. The number of hydrogen-bond acceptors (Lipinski definition) is 6. The number of carbonyl (C=O) groups excluding carboxylic acids is 4. The van der Waals surface area contributed by atoms with Crippen LogP contribution in [0.25, 0.3) is 0 Å². The number of halogens is 5. The van der Waals surface area contributed by atoms with Gasteiger partial charge in [-0.2, -0.15) is 22.6 Å². The van der Waals surface area contributed by atoms with E-state index < -0.39 is 23.7 Å². The van der Waals surface area contributed by atoms with Crippen LogP contribution in [0.3, 0.4) is 0 Å². The van der Waals surface area contributed by atoms with Crippen LogP contribution >= 0.6 is 23.2 Å². The number of piperidine rings is 2. The lowest BCUT2D eigenvalue weighted by molar-refractivity contribution is -0.629. The highest BCUT2D eigenvalue weighted by molar-refractivity contribution is 6.30. The third-order valence-corrected chi connectivity index (χ3v) is 13.1. The summed E-state index contributed by atoms with van der Waals surface area (Å²) in [6, 6.07) is 30.6. The Hall–Kier alpha value is -6.97. The fraction of sp³-hybridized carbons (Fsp3) is 0.269. The van der Waals surface area contributed by atoms with Gasteiger partial charge in [-0.3, -0.25) is 19.2 Å². The molecule has 69 heavy (non-hydrogen) atoms. The van der Waals surface area contributed by atoms with E-state index in [-0.39, 0.29) is 27.7 Å². The van der Waals surface area contributed by atoms with Crippen LogP contribution in [-0.2, 0) is 6.18 Å². The molecule has 2 fully saturated rings. The van der Waals surface area contributed by atoms with E-state index in [0.29, 0.717) is 93.8 Å². The van der Waals surface area contributed by atoms with Gasteiger partial charge in [-0.15, -0.1) is 0 Å². The summed E-state index contributed by atoms with van der Waals surface area (Å²) in [5.74, 6) is -0.621. The number of benzene rings is 4. The summed E-state index contributed by atoms with van der Waals surface area (Å²) < 4.78 is 38.7. The molecular formula is C52H49Cl2F3N6O6. The molecule has 2 aromatic heterocycles. The molecule has 0 spiro atoms. The molecule has 17 heteroatoms. The Balaban J connectivity index is 0.000000205. The molecule has 8 rings (SSSR count). The molecule has 0 unspecified atom stereocenters. The van der Waals surface area contributed by atoms with E-state index in [4.69, 9.17) is 23.2 Å². The van der Waals surface area contributed by atoms with Crippen molar-refractivity contribution in [1.29, 1.82) is 0 Å². The number of rotatable bonds is 8. The van der Waals surface area contributed by atoms with Gasteiger partial charge in [0.25, 0.3) is 29.3 Å². The zero-order valence-corrected chi connectivity index (χ0v) is 39.5. The maximum absolute atomic E-state index is 13.1. The molecule has 2 N–H and O–H groups in total. The van der Waals surface area contributed by atoms with Crippen molar-refractivity contribution in [3.63, 3.8) is 0 Å². The molecule has 4 amide bonds. The molecule has 4 aromatic carbocycles. The first-order valence-electron chi connectivity index (χ1n) is 22.3. The van der Waals surface area contributed by atoms with Crippen molar-refractivity contribution in [2.75, 3.05) is 36.8 Å². The Morgan fingerprint density at radius 2 is 0.928 bits per heavy atom. The van der Waals surface area contributed by atoms with Crippen LogP contribution in [0.4, 0.5) is 24.5 Å². The number of anilines is 2. The van der Waals surface area contributed by atoms with E-state index in [1.165, 1.54) is 23.4 Å². The minimum atomic E-state index is -4.83. The maximum Gasteiger partial charge on any atom is 0.478 e. The first kappa shape index (κ1) is 49.9. The van der Waals surface area contributed by atoms with Gasteiger partial charge in [-0.1, -0.05) is 59.6 Å². The number of likely N-dealkylation sites (tertiary alicyclic amines) is 2. The normalized spacial score (nSPS) is 14.4. The topological polar surface area (TPSA) is 153 Å². The van der Waals surface area contributed by atoms with Crippen LogP contribution in [0.15, 0.2) is 122 Å². The highest BCUT2D eigenvalue weighted by Gasteiger charge is 2.40. The van der Waals surface area contributed by atoms with E-state index >= 15 is 0 Å². The van der Waals surface area contributed by atoms with Crippen LogP contribution < -0.4 is 20.1 Å². The van der Waals surface area contributed by atoms with Gasteiger partial charge >= 0.3 is 6.18 Å². The third-order valence-electron chi connectivity index (χ3n) is 12.6. The molecule has 6 aromatic rings. The van der Waals surface area contributed by atoms with Crippen molar-refractivity contribution < 1.29 is 41.8 Å². The number of alkyl halides is 3. The number of carbonyl (C=O) groups is 4. The van der Waals surface area contributed by atoms with Gasteiger partial charge in [0, 0.05) is 77.8 Å². The molecule has 4 heterocycles. The van der Waals surface area contributed by atoms with Gasteiger partial charge in [0.1, 0.15) is 11.1 Å². The second-order valence-electron chi connectivity index (χ2n) is 17.2. The van der Waals surface area contributed by atoms with E-state index in [2.05, 4.69) is 22.8 Å². The lowest BCUT2D eigenvalue weighted by Crippen LogP contribution is -2.38. The number of aryl methyl sites for hydroxylation is 3. The quantitative estimate of drug-likeness (QED) is 0.114. The Kier molecular flexibility index (Phi) is 15.6. The molecule has 0 radical (unpaired) electrons. The monoisotopic (exact) mass is 980 g/mol. The number of hydrogen-bond donors (Lipinski definition) is 2. The van der Waals surface area contributed by atoms with Gasteiger partial charge in [0.2, 0.25) is 0 Å². The fourth-order valence-electron chi connectivity index (χ4n) is 8.36. The number of nitrogens with one attached hydrogen (secondary N) is 2. The summed E-state index contributed by atoms with van der Waals surface area (Å²) in [6.45, 7) is 7.77. The maximum atomic E-state index is 13.1. The average molecular weight is 982 g/mol. The highest BCUT2D eigenvalue weighted by atomic mass is 35.5. The molecule has 0 saturated carbocycles. The average Bonchev–Trinajstić information content (AvgIpc) is 3.33. The molecule has 2 aliphatic heterocycles. The SMILES string of the molecule is Cc1ccc(C(=O)N2CCC(c3ccc(Cl)cc3)CC2)cc1NC(=O)c1ccc(C(F)(F)F)[n+]([O-])c1.Cc1ccc(C(=O)N2CCC(c3ccc(Cl)cc3)CC2)cc1NC(=O)c1ccc(C)[n+]([O-])c1. The predicted octanol–water partition coefficient (Wildman–Crippen LogP) is 10.4. The van der Waals surface area contributed by atoms with Crippen molar-refractivity contribution in [2.45, 2.75) is 64.5 Å².